The van der Waals surface area contributed by atoms with Gasteiger partial charge < -0.3 is 0 Å². The summed E-state index contributed by atoms with van der Waals surface area (Å²) in [6, 6.07) is 0. The molecule has 0 aliphatic carbocycles. The highest BCUT2D eigenvalue weighted by Gasteiger charge is 2.58. The third kappa shape index (κ3) is 5.74. The first-order valence-electron chi connectivity index (χ1n) is 15.1. The van der Waals surface area contributed by atoms with Gasteiger partial charge in [-0.2, -0.15) is 0 Å². The Morgan fingerprint density at radius 1 is 0.200 bits per heavy atom. The van der Waals surface area contributed by atoms with Gasteiger partial charge in [0, 0.05) is 22.8 Å². The van der Waals surface area contributed by atoms with Crippen LogP contribution < -0.4 is 5.46 Å². The third-order valence-electron chi connectivity index (χ3n) is 9.28. The fraction of sp³-hybridized carbons (Fsp3) is 0.0588. The van der Waals surface area contributed by atoms with E-state index in [9.17, 15) is 65.9 Å². The van der Waals surface area contributed by atoms with Gasteiger partial charge in [0.05, 0.1) is 11.1 Å². The van der Waals surface area contributed by atoms with Gasteiger partial charge in [-0.1, -0.05) is 0 Å². The van der Waals surface area contributed by atoms with Crippen molar-refractivity contribution in [2.45, 2.75) is 11.6 Å². The Morgan fingerprint density at radius 2 is 0.367 bits per heavy atom. The maximum absolute atomic E-state index is 15.9. The second-order valence-electron chi connectivity index (χ2n) is 12.1. The van der Waals surface area contributed by atoms with Crippen LogP contribution in [0.15, 0.2) is 0 Å². The molecule has 60 heavy (non-hydrogen) atoms. The summed E-state index contributed by atoms with van der Waals surface area (Å²) < 4.78 is 379. The van der Waals surface area contributed by atoms with E-state index in [4.69, 9.17) is 0 Å². The van der Waals surface area contributed by atoms with Crippen molar-refractivity contribution in [3.63, 3.8) is 0 Å². The number of benzene rings is 5. The smallest absolute Gasteiger partial charge is 0.204 e. The van der Waals surface area contributed by atoms with Crippen LogP contribution in [0.25, 0.3) is 11.1 Å². The number of halogens is 25. The second-order valence-corrected chi connectivity index (χ2v) is 12.1. The van der Waals surface area contributed by atoms with Crippen LogP contribution in [-0.2, 0) is 0 Å². The lowest BCUT2D eigenvalue weighted by atomic mass is 9.30. The standard InChI is InChI=1S/C34H2BF25/c36-10-3(11(37)21(47)30(56)20(10)46)1-2(4-12(38)22(48)31(57)23(49)13(4)39)8(6-16(42)26(52)33(59)27(53)17(6)43)35(9-18(44)28(54)34(60)29(55)19(9)45)7(1)5-14(40)24(50)32(58)25(51)15(5)41/h7-8H/t7-,8+. The Kier molecular flexibility index (Phi) is 10.7. The minimum Gasteiger partial charge on any atom is -0.204 e. The highest BCUT2D eigenvalue weighted by atomic mass is 19.2. The van der Waals surface area contributed by atoms with Crippen molar-refractivity contribution >= 4 is 23.3 Å². The average molecular weight is 896 g/mol. The van der Waals surface area contributed by atoms with Crippen LogP contribution in [0.5, 0.6) is 0 Å². The molecule has 0 nitrogen and oxygen atoms in total. The molecule has 0 unspecified atom stereocenters. The molecule has 0 N–H and O–H groups in total. The van der Waals surface area contributed by atoms with E-state index in [2.05, 4.69) is 0 Å². The highest BCUT2D eigenvalue weighted by Crippen LogP contribution is 2.59. The minimum absolute atomic E-state index is 3.04. The van der Waals surface area contributed by atoms with E-state index >= 15 is 43.9 Å². The van der Waals surface area contributed by atoms with Gasteiger partial charge in [-0.25, -0.2) is 110 Å². The van der Waals surface area contributed by atoms with Crippen LogP contribution in [0, 0.1) is 145 Å². The van der Waals surface area contributed by atoms with Gasteiger partial charge in [-0.3, -0.25) is 0 Å². The predicted octanol–water partition coefficient (Wildman–Crippen LogP) is 11.1. The normalized spacial score (nSPS) is 15.7. The van der Waals surface area contributed by atoms with Gasteiger partial charge in [0.2, 0.25) is 30.0 Å². The van der Waals surface area contributed by atoms with Crippen molar-refractivity contribution in [1.29, 1.82) is 0 Å². The fourth-order valence-corrected chi connectivity index (χ4v) is 6.84. The van der Waals surface area contributed by atoms with Crippen molar-refractivity contribution in [2.75, 3.05) is 0 Å². The molecular weight excluding hydrogens is 894 g/mol. The molecular formula is C34H2BF25. The van der Waals surface area contributed by atoms with Crippen molar-refractivity contribution in [3.8, 4) is 0 Å². The first-order chi connectivity index (χ1) is 27.8. The number of allylic oxidation sites excluding steroid dienone is 2. The molecule has 26 heteroatoms. The van der Waals surface area contributed by atoms with Crippen LogP contribution >= 0.6 is 0 Å². The number of hydrogen-bond acceptors (Lipinski definition) is 0. The summed E-state index contributed by atoms with van der Waals surface area (Å²) in [6.07, 6.45) is 0. The summed E-state index contributed by atoms with van der Waals surface area (Å²) in [5.74, 6) is -95.0. The summed E-state index contributed by atoms with van der Waals surface area (Å²) in [5, 5.41) is 0. The third-order valence-corrected chi connectivity index (χ3v) is 9.28. The van der Waals surface area contributed by atoms with Crippen LogP contribution in [0.2, 0.25) is 0 Å². The lowest BCUT2D eigenvalue weighted by Crippen LogP contribution is -2.46. The molecule has 0 amide bonds. The Labute approximate surface area is 312 Å². The van der Waals surface area contributed by atoms with Gasteiger partial charge in [-0.15, -0.1) is 0 Å². The van der Waals surface area contributed by atoms with Crippen molar-refractivity contribution in [3.05, 3.63) is 168 Å². The lowest BCUT2D eigenvalue weighted by Gasteiger charge is -2.28. The molecule has 0 spiro atoms. The average Bonchev–Trinajstić information content (AvgIpc) is 3.52. The van der Waals surface area contributed by atoms with Crippen molar-refractivity contribution in [2.24, 2.45) is 0 Å². The molecule has 0 saturated carbocycles. The van der Waals surface area contributed by atoms with E-state index < -0.39 is 203 Å². The van der Waals surface area contributed by atoms with Gasteiger partial charge in [0.1, 0.15) is 0 Å². The molecule has 0 radical (unpaired) electrons. The lowest BCUT2D eigenvalue weighted by molar-refractivity contribution is 0.369. The summed E-state index contributed by atoms with van der Waals surface area (Å²) in [4.78, 5) is 0. The maximum atomic E-state index is 15.9. The molecule has 0 fully saturated rings. The van der Waals surface area contributed by atoms with Crippen molar-refractivity contribution in [1.82, 2.24) is 0 Å². The highest BCUT2D eigenvalue weighted by molar-refractivity contribution is 6.81. The quantitative estimate of drug-likeness (QED) is 0.0714. The zero-order valence-electron chi connectivity index (χ0n) is 27.2. The molecule has 316 valence electrons. The van der Waals surface area contributed by atoms with E-state index in [0.29, 0.717) is 0 Å². The Morgan fingerprint density at radius 3 is 0.583 bits per heavy atom. The van der Waals surface area contributed by atoms with Gasteiger partial charge >= 0.3 is 0 Å². The van der Waals surface area contributed by atoms with Crippen molar-refractivity contribution < 1.29 is 110 Å². The number of rotatable bonds is 5. The van der Waals surface area contributed by atoms with Crippen LogP contribution in [0.3, 0.4) is 0 Å². The van der Waals surface area contributed by atoms with Gasteiger partial charge in [0.15, 0.2) is 122 Å². The summed E-state index contributed by atoms with van der Waals surface area (Å²) in [6.45, 7) is -4.45. The fourth-order valence-electron chi connectivity index (χ4n) is 6.84. The predicted molar refractivity (Wildman–Crippen MR) is 149 cm³/mol. The van der Waals surface area contributed by atoms with E-state index in [0.717, 1.165) is 0 Å². The first-order valence-corrected chi connectivity index (χ1v) is 15.1. The van der Waals surface area contributed by atoms with E-state index in [1.54, 1.807) is 0 Å². The Balaban J connectivity index is 2.11. The molecule has 2 atom stereocenters. The van der Waals surface area contributed by atoms with Crippen LogP contribution in [-0.4, -0.2) is 6.71 Å². The molecule has 1 aliphatic rings. The SMILES string of the molecule is Fc1c(F)c(F)c(B2[C@@H](c3c(F)c(F)c(F)c(F)c3F)C(c3c(F)c(F)c(F)c(F)c3F)=C(c3c(F)c(F)c(F)c(F)c3F)[C@H]2c2c(F)c(F)c(F)c(F)c2F)c(F)c1F. The van der Waals surface area contributed by atoms with Gasteiger partial charge in [-0.05, 0) is 16.6 Å². The molecule has 5 aromatic carbocycles. The Hall–Kier alpha value is -5.85. The molecule has 1 heterocycles. The zero-order chi connectivity index (χ0) is 45.2. The molecule has 5 aromatic rings. The monoisotopic (exact) mass is 896 g/mol. The minimum atomic E-state index is -4.50. The summed E-state index contributed by atoms with van der Waals surface area (Å²) in [7, 11) is 0. The molecule has 1 aliphatic heterocycles. The summed E-state index contributed by atoms with van der Waals surface area (Å²) in [5.41, 5.74) is -21.9. The first kappa shape index (κ1) is 43.7. The topological polar surface area (TPSA) is 0 Å². The van der Waals surface area contributed by atoms with E-state index in [-0.39, 0.29) is 0 Å². The molecule has 0 saturated heterocycles. The molecule has 0 bridgehead atoms. The number of hydrogen-bond donors (Lipinski definition) is 0. The second kappa shape index (κ2) is 14.7. The van der Waals surface area contributed by atoms with Gasteiger partial charge in [0.25, 0.3) is 0 Å². The largest absolute Gasteiger partial charge is 0.209 e. The van der Waals surface area contributed by atoms with E-state index in [1.807, 2.05) is 0 Å². The maximum Gasteiger partial charge on any atom is 0.209 e. The molecule has 0 aromatic heterocycles. The Bertz CT molecular complexity index is 2500. The zero-order valence-corrected chi connectivity index (χ0v) is 27.2. The van der Waals surface area contributed by atoms with Crippen LogP contribution in [0.4, 0.5) is 110 Å². The summed E-state index contributed by atoms with van der Waals surface area (Å²) >= 11 is 0. The molecule has 6 rings (SSSR count). The van der Waals surface area contributed by atoms with E-state index in [1.165, 1.54) is 0 Å². The van der Waals surface area contributed by atoms with Crippen LogP contribution in [0.1, 0.15) is 33.9 Å².